The molecule has 2 atom stereocenters. The van der Waals surface area contributed by atoms with Crippen LogP contribution in [0.1, 0.15) is 44.9 Å². The summed E-state index contributed by atoms with van der Waals surface area (Å²) in [6, 6.07) is 0. The molecule has 0 saturated carbocycles. The van der Waals surface area contributed by atoms with Gasteiger partial charge < -0.3 is 14.8 Å². The number of hydrogen-bond acceptors (Lipinski definition) is 4. The van der Waals surface area contributed by atoms with Crippen LogP contribution in [0.3, 0.4) is 0 Å². The maximum absolute atomic E-state index is 12.6. The van der Waals surface area contributed by atoms with Gasteiger partial charge in [0.05, 0.1) is 30.4 Å². The van der Waals surface area contributed by atoms with Gasteiger partial charge in [0.25, 0.3) is 0 Å². The Kier molecular flexibility index (Phi) is 6.04. The minimum Gasteiger partial charge on any atom is -0.481 e. The second-order valence-electron chi connectivity index (χ2n) is 6.46. The lowest BCUT2D eigenvalue weighted by atomic mass is 9.87. The molecule has 130 valence electrons. The maximum Gasteiger partial charge on any atom is 0.226 e. The van der Waals surface area contributed by atoms with Gasteiger partial charge in [-0.2, -0.15) is 5.10 Å². The second-order valence-corrected chi connectivity index (χ2v) is 6.46. The van der Waals surface area contributed by atoms with Crippen LogP contribution in [0.25, 0.3) is 0 Å². The predicted octanol–water partition coefficient (Wildman–Crippen LogP) is 2.06. The van der Waals surface area contributed by atoms with E-state index < -0.39 is 0 Å². The SMILES string of the molecule is CCc1nn(C)c(OC)c1CNC(=O)C1CCCOC1C(C)C. The number of carbonyl (C=O) groups is 1. The monoisotopic (exact) mass is 323 g/mol. The molecule has 0 aliphatic carbocycles. The van der Waals surface area contributed by atoms with E-state index in [-0.39, 0.29) is 17.9 Å². The predicted molar refractivity (Wildman–Crippen MR) is 88.3 cm³/mol. The van der Waals surface area contributed by atoms with Crippen molar-refractivity contribution in [1.82, 2.24) is 15.1 Å². The molecule has 0 aromatic carbocycles. The molecule has 6 heteroatoms. The lowest BCUT2D eigenvalue weighted by Gasteiger charge is -2.33. The molecule has 2 unspecified atom stereocenters. The topological polar surface area (TPSA) is 65.4 Å². The van der Waals surface area contributed by atoms with Crippen LogP contribution in [0.5, 0.6) is 5.88 Å². The Morgan fingerprint density at radius 3 is 2.87 bits per heavy atom. The van der Waals surface area contributed by atoms with E-state index in [9.17, 15) is 4.79 Å². The van der Waals surface area contributed by atoms with Gasteiger partial charge in [-0.1, -0.05) is 20.8 Å². The molecule has 0 spiro atoms. The van der Waals surface area contributed by atoms with Gasteiger partial charge in [-0.15, -0.1) is 0 Å². The molecule has 0 radical (unpaired) electrons. The number of hydrogen-bond donors (Lipinski definition) is 1. The Labute approximate surface area is 138 Å². The van der Waals surface area contributed by atoms with Gasteiger partial charge in [0.1, 0.15) is 0 Å². The second kappa shape index (κ2) is 7.81. The van der Waals surface area contributed by atoms with E-state index in [2.05, 4.69) is 31.2 Å². The molecule has 1 N–H and O–H groups in total. The zero-order valence-electron chi connectivity index (χ0n) is 14.9. The van der Waals surface area contributed by atoms with Gasteiger partial charge in [0.2, 0.25) is 11.8 Å². The van der Waals surface area contributed by atoms with Gasteiger partial charge in [-0.25, -0.2) is 4.68 Å². The fraction of sp³-hybridized carbons (Fsp3) is 0.765. The number of aryl methyl sites for hydroxylation is 2. The van der Waals surface area contributed by atoms with Crippen molar-refractivity contribution in [1.29, 1.82) is 0 Å². The van der Waals surface area contributed by atoms with Crippen molar-refractivity contribution in [2.75, 3.05) is 13.7 Å². The van der Waals surface area contributed by atoms with Crippen molar-refractivity contribution in [3.63, 3.8) is 0 Å². The average Bonchev–Trinajstić information content (AvgIpc) is 2.87. The molecule has 1 saturated heterocycles. The maximum atomic E-state index is 12.6. The fourth-order valence-electron chi connectivity index (χ4n) is 3.37. The summed E-state index contributed by atoms with van der Waals surface area (Å²) in [5.41, 5.74) is 1.92. The van der Waals surface area contributed by atoms with E-state index in [0.717, 1.165) is 37.1 Å². The van der Waals surface area contributed by atoms with Crippen LogP contribution in [0.4, 0.5) is 0 Å². The van der Waals surface area contributed by atoms with E-state index in [4.69, 9.17) is 9.47 Å². The highest BCUT2D eigenvalue weighted by atomic mass is 16.5. The molecule has 1 aliphatic rings. The molecule has 2 rings (SSSR count). The van der Waals surface area contributed by atoms with E-state index >= 15 is 0 Å². The van der Waals surface area contributed by atoms with Crippen LogP contribution in [-0.4, -0.2) is 35.5 Å². The van der Waals surface area contributed by atoms with Crippen molar-refractivity contribution in [2.24, 2.45) is 18.9 Å². The molecule has 0 bridgehead atoms. The fourth-order valence-corrected chi connectivity index (χ4v) is 3.37. The standard InChI is InChI=1S/C17H29N3O3/c1-6-14-13(17(22-5)20(4)19-14)10-18-16(21)12-8-7-9-23-15(12)11(2)3/h11-12,15H,6-10H2,1-5H3,(H,18,21). The first-order valence-corrected chi connectivity index (χ1v) is 8.47. The Morgan fingerprint density at radius 1 is 1.52 bits per heavy atom. The summed E-state index contributed by atoms with van der Waals surface area (Å²) in [6.45, 7) is 7.46. The van der Waals surface area contributed by atoms with Crippen molar-refractivity contribution in [3.8, 4) is 5.88 Å². The molecular formula is C17H29N3O3. The summed E-state index contributed by atoms with van der Waals surface area (Å²) in [6.07, 6.45) is 2.64. The van der Waals surface area contributed by atoms with Gasteiger partial charge in [-0.3, -0.25) is 4.79 Å². The molecule has 6 nitrogen and oxygen atoms in total. The van der Waals surface area contributed by atoms with Crippen molar-refractivity contribution < 1.29 is 14.3 Å². The van der Waals surface area contributed by atoms with Crippen LogP contribution >= 0.6 is 0 Å². The Bertz CT molecular complexity index is 539. The normalized spacial score (nSPS) is 21.5. The third kappa shape index (κ3) is 3.86. The van der Waals surface area contributed by atoms with Gasteiger partial charge >= 0.3 is 0 Å². The number of carbonyl (C=O) groups excluding carboxylic acids is 1. The van der Waals surface area contributed by atoms with E-state index in [1.54, 1.807) is 11.8 Å². The summed E-state index contributed by atoms with van der Waals surface area (Å²) < 4.78 is 13.0. The first kappa shape index (κ1) is 17.8. The Balaban J connectivity index is 2.06. The van der Waals surface area contributed by atoms with Gasteiger partial charge in [-0.05, 0) is 25.2 Å². The Hall–Kier alpha value is -1.56. The van der Waals surface area contributed by atoms with Crippen molar-refractivity contribution in [3.05, 3.63) is 11.3 Å². The quantitative estimate of drug-likeness (QED) is 0.870. The highest BCUT2D eigenvalue weighted by molar-refractivity contribution is 5.79. The van der Waals surface area contributed by atoms with E-state index in [1.807, 2.05) is 7.05 Å². The van der Waals surface area contributed by atoms with Crippen LogP contribution in [0.15, 0.2) is 0 Å². The number of aromatic nitrogens is 2. The number of nitrogens with one attached hydrogen (secondary N) is 1. The minimum absolute atomic E-state index is 0.00481. The summed E-state index contributed by atoms with van der Waals surface area (Å²) in [5.74, 6) is 1.04. The summed E-state index contributed by atoms with van der Waals surface area (Å²) in [7, 11) is 3.48. The first-order chi connectivity index (χ1) is 11.0. The van der Waals surface area contributed by atoms with E-state index in [1.165, 1.54) is 0 Å². The van der Waals surface area contributed by atoms with Crippen LogP contribution in [0.2, 0.25) is 0 Å². The summed E-state index contributed by atoms with van der Waals surface area (Å²) in [4.78, 5) is 12.6. The summed E-state index contributed by atoms with van der Waals surface area (Å²) >= 11 is 0. The van der Waals surface area contributed by atoms with E-state index in [0.29, 0.717) is 18.3 Å². The molecular weight excluding hydrogens is 294 g/mol. The Morgan fingerprint density at radius 2 is 2.26 bits per heavy atom. The zero-order chi connectivity index (χ0) is 17.0. The molecule has 1 aliphatic heterocycles. The van der Waals surface area contributed by atoms with Crippen LogP contribution in [0, 0.1) is 11.8 Å². The smallest absolute Gasteiger partial charge is 0.226 e. The molecule has 2 heterocycles. The average molecular weight is 323 g/mol. The van der Waals surface area contributed by atoms with Gasteiger partial charge in [0.15, 0.2) is 0 Å². The van der Waals surface area contributed by atoms with Gasteiger partial charge in [0, 0.05) is 20.2 Å². The molecule has 1 aromatic rings. The lowest BCUT2D eigenvalue weighted by molar-refractivity contribution is -0.137. The molecule has 1 amide bonds. The molecule has 1 fully saturated rings. The van der Waals surface area contributed by atoms with Crippen LogP contribution < -0.4 is 10.1 Å². The zero-order valence-corrected chi connectivity index (χ0v) is 14.9. The number of nitrogens with zero attached hydrogens (tertiary/aromatic N) is 2. The lowest BCUT2D eigenvalue weighted by Crippen LogP contribution is -2.43. The number of amides is 1. The van der Waals surface area contributed by atoms with Crippen molar-refractivity contribution >= 4 is 5.91 Å². The first-order valence-electron chi connectivity index (χ1n) is 8.47. The summed E-state index contributed by atoms with van der Waals surface area (Å²) in [5, 5.41) is 7.51. The number of rotatable bonds is 6. The highest BCUT2D eigenvalue weighted by Gasteiger charge is 2.34. The largest absolute Gasteiger partial charge is 0.481 e. The van der Waals surface area contributed by atoms with Crippen LogP contribution in [-0.2, 0) is 29.5 Å². The number of ether oxygens (including phenoxy) is 2. The van der Waals surface area contributed by atoms with Crippen molar-refractivity contribution in [2.45, 2.75) is 52.7 Å². The third-order valence-corrected chi connectivity index (χ3v) is 4.50. The number of methoxy groups -OCH3 is 1. The third-order valence-electron chi connectivity index (χ3n) is 4.50. The highest BCUT2D eigenvalue weighted by Crippen LogP contribution is 2.27. The molecule has 1 aromatic heterocycles. The minimum atomic E-state index is -0.0727. The molecule has 23 heavy (non-hydrogen) atoms.